The number of carbonyl (C=O) groups excluding carboxylic acids is 4. The van der Waals surface area contributed by atoms with Gasteiger partial charge < -0.3 is 18.9 Å². The van der Waals surface area contributed by atoms with Crippen molar-refractivity contribution >= 4 is 23.9 Å². The summed E-state index contributed by atoms with van der Waals surface area (Å²) < 4.78 is 18.7. The molecule has 0 saturated heterocycles. The quantitative estimate of drug-likeness (QED) is 0.326. The van der Waals surface area contributed by atoms with E-state index in [0.717, 1.165) is 24.3 Å². The molecule has 0 aromatic heterocycles. The smallest absolute Gasteiger partial charge is 0.330 e. The van der Waals surface area contributed by atoms with E-state index in [1.54, 1.807) is 13.8 Å². The average Bonchev–Trinajstić information content (AvgIpc) is 2.64. The van der Waals surface area contributed by atoms with Crippen LogP contribution in [-0.2, 0) is 38.1 Å². The summed E-state index contributed by atoms with van der Waals surface area (Å²) >= 11 is 0. The van der Waals surface area contributed by atoms with Crippen LogP contribution in [0.2, 0.25) is 0 Å². The lowest BCUT2D eigenvalue weighted by atomic mass is 10.4. The summed E-state index contributed by atoms with van der Waals surface area (Å²) in [6.45, 7) is 16.1. The molecule has 2 atom stereocenters. The maximum absolute atomic E-state index is 10.6. The number of rotatable bonds is 10. The predicted octanol–water partition coefficient (Wildman–Crippen LogP) is 1.67. The summed E-state index contributed by atoms with van der Waals surface area (Å²) in [7, 11) is 0. The molecule has 0 fully saturated rings. The highest BCUT2D eigenvalue weighted by molar-refractivity contribution is 5.82. The number of carbonyl (C=O) groups is 4. The van der Waals surface area contributed by atoms with E-state index in [1.165, 1.54) is 0 Å². The van der Waals surface area contributed by atoms with E-state index in [4.69, 9.17) is 9.47 Å². The SMILES string of the molecule is C=CC(=O)OCC(C)OC(=O)C=C.C=CC(=O)OCC(C)OC(=O)C=C. The lowest BCUT2D eigenvalue weighted by molar-refractivity contribution is -0.151. The summed E-state index contributed by atoms with van der Waals surface area (Å²) in [5.41, 5.74) is 0. The Morgan fingerprint density at radius 1 is 0.654 bits per heavy atom. The van der Waals surface area contributed by atoms with Gasteiger partial charge in [0.15, 0.2) is 0 Å². The van der Waals surface area contributed by atoms with Gasteiger partial charge in [-0.3, -0.25) is 0 Å². The zero-order valence-electron chi connectivity index (χ0n) is 15.0. The van der Waals surface area contributed by atoms with Crippen LogP contribution in [0, 0.1) is 0 Å². The normalized spacial score (nSPS) is 11.2. The van der Waals surface area contributed by atoms with Gasteiger partial charge >= 0.3 is 23.9 Å². The monoisotopic (exact) mass is 368 g/mol. The van der Waals surface area contributed by atoms with Crippen LogP contribution in [0.3, 0.4) is 0 Å². The molecule has 0 aliphatic heterocycles. The summed E-state index contributed by atoms with van der Waals surface area (Å²) in [5, 5.41) is 0. The largest absolute Gasteiger partial charge is 0.459 e. The molecule has 0 bridgehead atoms. The third-order valence-electron chi connectivity index (χ3n) is 2.22. The van der Waals surface area contributed by atoms with Gasteiger partial charge in [-0.2, -0.15) is 0 Å². The summed E-state index contributed by atoms with van der Waals surface area (Å²) in [6, 6.07) is 0. The van der Waals surface area contributed by atoms with Crippen molar-refractivity contribution in [2.45, 2.75) is 26.1 Å². The predicted molar refractivity (Wildman–Crippen MR) is 93.8 cm³/mol. The van der Waals surface area contributed by atoms with Crippen LogP contribution in [0.15, 0.2) is 50.6 Å². The van der Waals surface area contributed by atoms with Crippen LogP contribution in [0.25, 0.3) is 0 Å². The molecule has 8 nitrogen and oxygen atoms in total. The van der Waals surface area contributed by atoms with E-state index in [2.05, 4.69) is 35.8 Å². The zero-order chi connectivity index (χ0) is 20.5. The molecule has 0 rings (SSSR count). The summed E-state index contributed by atoms with van der Waals surface area (Å²) in [6.07, 6.45) is 3.23. The second-order valence-corrected chi connectivity index (χ2v) is 4.57. The van der Waals surface area contributed by atoms with Crippen LogP contribution >= 0.6 is 0 Å². The van der Waals surface area contributed by atoms with Gasteiger partial charge in [0.25, 0.3) is 0 Å². The molecule has 0 radical (unpaired) electrons. The van der Waals surface area contributed by atoms with Gasteiger partial charge in [-0.15, -0.1) is 0 Å². The van der Waals surface area contributed by atoms with Gasteiger partial charge in [-0.1, -0.05) is 26.3 Å². The van der Waals surface area contributed by atoms with E-state index in [9.17, 15) is 19.2 Å². The third kappa shape index (κ3) is 15.7. The molecule has 0 spiro atoms. The number of esters is 4. The van der Waals surface area contributed by atoms with E-state index in [1.807, 2.05) is 0 Å². The Morgan fingerprint density at radius 3 is 1.15 bits per heavy atom. The van der Waals surface area contributed by atoms with Crippen molar-refractivity contribution in [3.8, 4) is 0 Å². The van der Waals surface area contributed by atoms with Crippen molar-refractivity contribution in [1.82, 2.24) is 0 Å². The van der Waals surface area contributed by atoms with Gasteiger partial charge in [0.05, 0.1) is 0 Å². The van der Waals surface area contributed by atoms with Crippen molar-refractivity contribution in [3.05, 3.63) is 50.6 Å². The molecule has 0 N–H and O–H groups in total. The van der Waals surface area contributed by atoms with Crippen molar-refractivity contribution < 1.29 is 38.1 Å². The van der Waals surface area contributed by atoms with Gasteiger partial charge in [0.1, 0.15) is 25.4 Å². The molecular weight excluding hydrogens is 344 g/mol. The molecule has 0 aliphatic carbocycles. The van der Waals surface area contributed by atoms with Crippen molar-refractivity contribution in [2.24, 2.45) is 0 Å². The van der Waals surface area contributed by atoms with E-state index in [-0.39, 0.29) is 13.2 Å². The molecule has 8 heteroatoms. The maximum Gasteiger partial charge on any atom is 0.330 e. The van der Waals surface area contributed by atoms with Gasteiger partial charge in [0.2, 0.25) is 0 Å². The lowest BCUT2D eigenvalue weighted by Crippen LogP contribution is -2.20. The molecule has 0 aliphatic rings. The Balaban J connectivity index is 0. The fourth-order valence-corrected chi connectivity index (χ4v) is 1.08. The highest BCUT2D eigenvalue weighted by Crippen LogP contribution is 1.95. The minimum atomic E-state index is -0.540. The fraction of sp³-hybridized carbons (Fsp3) is 0.333. The first-order chi connectivity index (χ1) is 12.2. The second kappa shape index (κ2) is 15.4. The van der Waals surface area contributed by atoms with E-state index in [0.29, 0.717) is 0 Å². The Morgan fingerprint density at radius 2 is 0.923 bits per heavy atom. The topological polar surface area (TPSA) is 105 Å². The van der Waals surface area contributed by atoms with E-state index >= 15 is 0 Å². The zero-order valence-corrected chi connectivity index (χ0v) is 15.0. The van der Waals surface area contributed by atoms with Gasteiger partial charge in [0, 0.05) is 24.3 Å². The molecule has 0 amide bonds. The minimum absolute atomic E-state index is 0.0183. The third-order valence-corrected chi connectivity index (χ3v) is 2.22. The molecule has 0 saturated carbocycles. The highest BCUT2D eigenvalue weighted by atomic mass is 16.6. The van der Waals surface area contributed by atoms with E-state index < -0.39 is 36.1 Å². The first-order valence-electron chi connectivity index (χ1n) is 7.44. The Bertz CT molecular complexity index is 487. The first kappa shape index (κ1) is 25.1. The molecule has 0 heterocycles. The molecule has 0 aromatic carbocycles. The Labute approximate surface area is 152 Å². The van der Waals surface area contributed by atoms with Crippen LogP contribution in [-0.4, -0.2) is 49.3 Å². The van der Waals surface area contributed by atoms with Crippen molar-refractivity contribution in [1.29, 1.82) is 0 Å². The number of hydrogen-bond donors (Lipinski definition) is 0. The molecular formula is C18H24O8. The molecule has 26 heavy (non-hydrogen) atoms. The standard InChI is InChI=1S/2C9H12O4/c2*1-4-8(10)12-6-7(3)13-9(11)5-2/h2*4-5,7H,1-2,6H2,3H3. The van der Waals surface area contributed by atoms with Crippen LogP contribution < -0.4 is 0 Å². The van der Waals surface area contributed by atoms with Crippen molar-refractivity contribution in [2.75, 3.05) is 13.2 Å². The Kier molecular flexibility index (Phi) is 14.8. The van der Waals surface area contributed by atoms with Crippen molar-refractivity contribution in [3.63, 3.8) is 0 Å². The lowest BCUT2D eigenvalue weighted by Gasteiger charge is -2.10. The molecule has 0 aromatic rings. The minimum Gasteiger partial charge on any atom is -0.459 e. The first-order valence-corrected chi connectivity index (χ1v) is 7.44. The second-order valence-electron chi connectivity index (χ2n) is 4.57. The highest BCUT2D eigenvalue weighted by Gasteiger charge is 2.08. The fourth-order valence-electron chi connectivity index (χ4n) is 1.08. The summed E-state index contributed by atoms with van der Waals surface area (Å²) in [5.74, 6) is -2.16. The molecule has 2 unspecified atom stereocenters. The number of hydrogen-bond acceptors (Lipinski definition) is 8. The van der Waals surface area contributed by atoms with Gasteiger partial charge in [-0.05, 0) is 13.8 Å². The molecule has 144 valence electrons. The van der Waals surface area contributed by atoms with Crippen LogP contribution in [0.1, 0.15) is 13.8 Å². The van der Waals surface area contributed by atoms with Gasteiger partial charge in [-0.25, -0.2) is 19.2 Å². The maximum atomic E-state index is 10.6. The Hall–Kier alpha value is -3.16. The average molecular weight is 368 g/mol. The van der Waals surface area contributed by atoms with Crippen LogP contribution in [0.4, 0.5) is 0 Å². The summed E-state index contributed by atoms with van der Waals surface area (Å²) in [4.78, 5) is 42.4. The number of ether oxygens (including phenoxy) is 4. The van der Waals surface area contributed by atoms with Crippen LogP contribution in [0.5, 0.6) is 0 Å².